The first-order valence-electron chi connectivity index (χ1n) is 7.05. The molecule has 0 bridgehead atoms. The molecule has 0 saturated heterocycles. The minimum atomic E-state index is -0.353. The number of Topliss-reactive ketones (excluding diaryl/α,β-unsaturated/α-hetero) is 1. The summed E-state index contributed by atoms with van der Waals surface area (Å²) in [5.41, 5.74) is 8.83. The number of nitrogens with two attached hydrogens (primary N) is 1. The molecule has 1 aromatic carbocycles. The minimum absolute atomic E-state index is 0.0428. The lowest BCUT2D eigenvalue weighted by atomic mass is 9.80. The summed E-state index contributed by atoms with van der Waals surface area (Å²) in [5, 5.41) is 7.10. The molecule has 0 aliphatic heterocycles. The Morgan fingerprint density at radius 2 is 2.05 bits per heavy atom. The van der Waals surface area contributed by atoms with Crippen molar-refractivity contribution in [3.05, 3.63) is 48.0 Å². The van der Waals surface area contributed by atoms with Crippen LogP contribution in [0.5, 0.6) is 0 Å². The van der Waals surface area contributed by atoms with E-state index in [9.17, 15) is 4.79 Å². The van der Waals surface area contributed by atoms with Crippen LogP contribution in [0.1, 0.15) is 22.3 Å². The monoisotopic (exact) mass is 296 g/mol. The predicted octanol–water partition coefficient (Wildman–Crippen LogP) is 1.80. The number of aromatic nitrogens is 2. The normalized spacial score (nSPS) is 16.9. The molecule has 1 aromatic heterocycles. The highest BCUT2D eigenvalue weighted by atomic mass is 16.5. The first-order chi connectivity index (χ1) is 10.7. The number of hydrogen-bond donors (Lipinski definition) is 2. The van der Waals surface area contributed by atoms with Gasteiger partial charge in [0.05, 0.1) is 5.92 Å². The summed E-state index contributed by atoms with van der Waals surface area (Å²) < 4.78 is 5.00. The van der Waals surface area contributed by atoms with Crippen LogP contribution in [0.3, 0.4) is 0 Å². The zero-order chi connectivity index (χ0) is 15.5. The van der Waals surface area contributed by atoms with Crippen LogP contribution in [-0.4, -0.2) is 28.4 Å². The average molecular weight is 296 g/mol. The van der Waals surface area contributed by atoms with Gasteiger partial charge in [-0.05, 0) is 24.0 Å². The summed E-state index contributed by atoms with van der Waals surface area (Å²) in [4.78, 5) is 20.7. The summed E-state index contributed by atoms with van der Waals surface area (Å²) in [6.45, 7) is 0.159. The van der Waals surface area contributed by atoms with Crippen LogP contribution in [0.4, 0.5) is 0 Å². The molecule has 2 aromatic rings. The molecule has 0 amide bonds. The molecule has 6 heteroatoms. The maximum absolute atomic E-state index is 12.6. The van der Waals surface area contributed by atoms with Crippen LogP contribution < -0.4 is 5.73 Å². The Hall–Kier alpha value is -2.76. The second-order valence-electron chi connectivity index (χ2n) is 5.23. The fraction of sp³-hybridized carbons (Fsp3) is 0.250. The second kappa shape index (κ2) is 5.93. The highest BCUT2D eigenvalue weighted by Crippen LogP contribution is 2.33. The maximum Gasteiger partial charge on any atom is 0.279 e. The zero-order valence-electron chi connectivity index (χ0n) is 12.0. The van der Waals surface area contributed by atoms with Gasteiger partial charge in [0.1, 0.15) is 12.9 Å². The summed E-state index contributed by atoms with van der Waals surface area (Å²) in [6, 6.07) is 5.34. The Bertz CT molecular complexity index is 715. The van der Waals surface area contributed by atoms with Crippen molar-refractivity contribution in [3.8, 4) is 11.1 Å². The van der Waals surface area contributed by atoms with Crippen LogP contribution in [0.2, 0.25) is 0 Å². The fourth-order valence-corrected chi connectivity index (χ4v) is 2.81. The van der Waals surface area contributed by atoms with Crippen molar-refractivity contribution in [3.63, 3.8) is 0 Å². The second-order valence-corrected chi connectivity index (χ2v) is 5.23. The Morgan fingerprint density at radius 1 is 1.32 bits per heavy atom. The molecule has 1 atom stereocenters. The van der Waals surface area contributed by atoms with E-state index in [0.717, 1.165) is 23.1 Å². The van der Waals surface area contributed by atoms with Gasteiger partial charge in [0, 0.05) is 23.5 Å². The van der Waals surface area contributed by atoms with E-state index in [0.29, 0.717) is 12.0 Å². The average Bonchev–Trinajstić information content (AvgIpc) is 2.54. The summed E-state index contributed by atoms with van der Waals surface area (Å²) >= 11 is 0. The molecular formula is C16H16N4O2. The van der Waals surface area contributed by atoms with Gasteiger partial charge in [-0.3, -0.25) is 10.2 Å². The van der Waals surface area contributed by atoms with Crippen LogP contribution in [-0.2, 0) is 11.2 Å². The smallest absolute Gasteiger partial charge is 0.279 e. The fourth-order valence-electron chi connectivity index (χ4n) is 2.81. The molecule has 0 spiro atoms. The van der Waals surface area contributed by atoms with E-state index < -0.39 is 0 Å². The number of ether oxygens (including phenoxy) is 1. The number of fused-ring (bicyclic) bond motifs is 1. The summed E-state index contributed by atoms with van der Waals surface area (Å²) in [6.07, 6.45) is 6.44. The Labute approximate surface area is 127 Å². The van der Waals surface area contributed by atoms with Crippen molar-refractivity contribution in [2.24, 2.45) is 11.7 Å². The lowest BCUT2D eigenvalue weighted by Crippen LogP contribution is -2.29. The van der Waals surface area contributed by atoms with Crippen molar-refractivity contribution >= 4 is 11.8 Å². The number of nitrogens with zero attached hydrogens (tertiary/aromatic N) is 2. The highest BCUT2D eigenvalue weighted by Gasteiger charge is 2.29. The third-order valence-corrected chi connectivity index (χ3v) is 3.87. The third-order valence-electron chi connectivity index (χ3n) is 3.87. The zero-order valence-corrected chi connectivity index (χ0v) is 12.0. The van der Waals surface area contributed by atoms with Crippen LogP contribution >= 0.6 is 0 Å². The molecule has 1 heterocycles. The molecule has 1 unspecified atom stereocenters. The van der Waals surface area contributed by atoms with Gasteiger partial charge in [0.2, 0.25) is 0 Å². The van der Waals surface area contributed by atoms with Gasteiger partial charge < -0.3 is 10.5 Å². The molecule has 0 saturated carbocycles. The van der Waals surface area contributed by atoms with E-state index in [4.69, 9.17) is 15.9 Å². The van der Waals surface area contributed by atoms with Crippen molar-refractivity contribution in [2.45, 2.75) is 12.8 Å². The van der Waals surface area contributed by atoms with Gasteiger partial charge in [-0.25, -0.2) is 9.97 Å². The number of rotatable bonds is 3. The molecule has 0 radical (unpaired) electrons. The van der Waals surface area contributed by atoms with Crippen molar-refractivity contribution in [2.75, 3.05) is 6.61 Å². The van der Waals surface area contributed by atoms with Crippen LogP contribution in [0, 0.1) is 11.3 Å². The Morgan fingerprint density at radius 3 is 2.77 bits per heavy atom. The summed E-state index contributed by atoms with van der Waals surface area (Å²) in [7, 11) is 0. The number of carbonyl (C=O) groups excluding carboxylic acids is 1. The number of amidine groups is 1. The van der Waals surface area contributed by atoms with Crippen LogP contribution in [0.15, 0.2) is 36.9 Å². The van der Waals surface area contributed by atoms with Gasteiger partial charge in [-0.15, -0.1) is 0 Å². The van der Waals surface area contributed by atoms with E-state index in [1.54, 1.807) is 12.4 Å². The molecule has 112 valence electrons. The van der Waals surface area contributed by atoms with Gasteiger partial charge in [0.25, 0.3) is 6.02 Å². The number of ketones is 1. The minimum Gasteiger partial charge on any atom is -0.465 e. The van der Waals surface area contributed by atoms with E-state index in [-0.39, 0.29) is 24.3 Å². The molecule has 0 fully saturated rings. The highest BCUT2D eigenvalue weighted by molar-refractivity contribution is 6.02. The van der Waals surface area contributed by atoms with E-state index >= 15 is 0 Å². The predicted molar refractivity (Wildman–Crippen MR) is 81.5 cm³/mol. The Kier molecular flexibility index (Phi) is 3.82. The lowest BCUT2D eigenvalue weighted by molar-refractivity contribution is 0.0843. The number of hydrogen-bond acceptors (Lipinski definition) is 5. The molecule has 3 rings (SSSR count). The molecule has 1 aliphatic carbocycles. The van der Waals surface area contributed by atoms with E-state index in [1.807, 2.05) is 18.2 Å². The number of carbonyl (C=O) groups is 1. The van der Waals surface area contributed by atoms with Crippen molar-refractivity contribution < 1.29 is 9.53 Å². The van der Waals surface area contributed by atoms with Crippen LogP contribution in [0.25, 0.3) is 11.1 Å². The van der Waals surface area contributed by atoms with Gasteiger partial charge in [-0.2, -0.15) is 0 Å². The molecule has 3 N–H and O–H groups in total. The van der Waals surface area contributed by atoms with Gasteiger partial charge >= 0.3 is 0 Å². The topological polar surface area (TPSA) is 102 Å². The van der Waals surface area contributed by atoms with Crippen molar-refractivity contribution in [1.82, 2.24) is 9.97 Å². The molecular weight excluding hydrogens is 280 g/mol. The molecule has 1 aliphatic rings. The molecule has 22 heavy (non-hydrogen) atoms. The first-order valence-corrected chi connectivity index (χ1v) is 7.05. The first kappa shape index (κ1) is 14.2. The quantitative estimate of drug-likeness (QED) is 0.664. The lowest BCUT2D eigenvalue weighted by Gasteiger charge is -2.25. The maximum atomic E-state index is 12.6. The largest absolute Gasteiger partial charge is 0.465 e. The standard InChI is InChI=1S/C16H16N4O2/c17-16(18)22-8-10-4-5-13-12(11-6-19-9-20-7-11)2-1-3-14(13)15(10)21/h1-3,6-7,9-10H,4-5,8H2,(H3,17,18). The van der Waals surface area contributed by atoms with Gasteiger partial charge in [-0.1, -0.05) is 18.2 Å². The number of benzene rings is 1. The van der Waals surface area contributed by atoms with Gasteiger partial charge in [0.15, 0.2) is 5.78 Å². The van der Waals surface area contributed by atoms with Crippen molar-refractivity contribution in [1.29, 1.82) is 5.41 Å². The number of nitrogens with one attached hydrogen (secondary N) is 1. The van der Waals surface area contributed by atoms with E-state index in [1.165, 1.54) is 6.33 Å². The molecule has 6 nitrogen and oxygen atoms in total. The Balaban J connectivity index is 1.93. The third kappa shape index (κ3) is 2.67. The SMILES string of the molecule is N=C(N)OCC1CCc2c(cccc2-c2cncnc2)C1=O. The van der Waals surface area contributed by atoms with E-state index in [2.05, 4.69) is 9.97 Å². The summed E-state index contributed by atoms with van der Waals surface area (Å²) in [5.74, 6) is -0.208.